The molecule has 0 aromatic heterocycles. The lowest BCUT2D eigenvalue weighted by atomic mass is 10.2. The van der Waals surface area contributed by atoms with Crippen molar-refractivity contribution >= 4 is 21.7 Å². The molecule has 0 aromatic rings. The highest BCUT2D eigenvalue weighted by molar-refractivity contribution is 7.92. The first-order chi connectivity index (χ1) is 5.74. The van der Waals surface area contributed by atoms with Crippen LogP contribution in [0.2, 0.25) is 0 Å². The van der Waals surface area contributed by atoms with E-state index in [1.807, 2.05) is 0 Å². The van der Waals surface area contributed by atoms with E-state index in [-0.39, 0.29) is 0 Å². The zero-order valence-corrected chi connectivity index (χ0v) is 7.87. The van der Waals surface area contributed by atoms with Gasteiger partial charge in [-0.2, -0.15) is 0 Å². The average molecular weight is 209 g/mol. The Labute approximate surface area is 75.6 Å². The van der Waals surface area contributed by atoms with Gasteiger partial charge in [-0.25, -0.2) is 8.42 Å². The predicted molar refractivity (Wildman–Crippen MR) is 44.6 cm³/mol. The lowest BCUT2D eigenvalue weighted by Crippen LogP contribution is -2.30. The summed E-state index contributed by atoms with van der Waals surface area (Å²) in [4.78, 5) is 20.5. The fourth-order valence-electron chi connectivity index (χ4n) is 0.710. The van der Waals surface area contributed by atoms with Crippen molar-refractivity contribution in [1.82, 2.24) is 0 Å². The van der Waals surface area contributed by atoms with Gasteiger partial charge in [-0.3, -0.25) is 9.59 Å². The lowest BCUT2D eigenvalue weighted by molar-refractivity contribution is -0.134. The van der Waals surface area contributed by atoms with Crippen molar-refractivity contribution in [2.75, 3.05) is 11.5 Å². The maximum Gasteiger partial charge on any atom is 0.318 e. The number of carbonyl (C=O) groups excluding carboxylic acids is 1. The van der Waals surface area contributed by atoms with E-state index in [0.717, 1.165) is 0 Å². The number of sulfone groups is 1. The van der Waals surface area contributed by atoms with Gasteiger partial charge in [-0.15, -0.1) is 0 Å². The molecule has 0 saturated heterocycles. The van der Waals surface area contributed by atoms with E-state index in [0.29, 0.717) is 0 Å². The maximum atomic E-state index is 11.0. The molecule has 0 radical (unpaired) electrons. The largest absolute Gasteiger partial charge is 0.480 e. The smallest absolute Gasteiger partial charge is 0.318 e. The molecule has 7 heteroatoms. The molecule has 76 valence electrons. The summed E-state index contributed by atoms with van der Waals surface area (Å²) >= 11 is 0. The van der Waals surface area contributed by atoms with Gasteiger partial charge in [0.05, 0.1) is 5.75 Å². The molecule has 0 aromatic carbocycles. The average Bonchev–Trinajstić information content (AvgIpc) is 1.81. The molecule has 0 bridgehead atoms. The summed E-state index contributed by atoms with van der Waals surface area (Å²) in [6, 6.07) is 0. The van der Waals surface area contributed by atoms with Crippen molar-refractivity contribution in [3.8, 4) is 0 Å². The molecule has 1 atom stereocenters. The van der Waals surface area contributed by atoms with Crippen LogP contribution >= 0.6 is 0 Å². The van der Waals surface area contributed by atoms with Gasteiger partial charge in [-0.05, 0) is 0 Å². The number of nitrogens with two attached hydrogens (primary N) is 1. The Morgan fingerprint density at radius 2 is 1.92 bits per heavy atom. The molecule has 0 saturated carbocycles. The number of hydrogen-bond donors (Lipinski definition) is 2. The van der Waals surface area contributed by atoms with E-state index >= 15 is 0 Å². The Bertz CT molecular complexity index is 307. The summed E-state index contributed by atoms with van der Waals surface area (Å²) < 4.78 is 21.9. The highest BCUT2D eigenvalue weighted by Gasteiger charge is 2.22. The Morgan fingerprint density at radius 1 is 1.46 bits per heavy atom. The molecule has 3 N–H and O–H groups in total. The summed E-state index contributed by atoms with van der Waals surface area (Å²) in [5, 5.41) is 8.21. The molecule has 1 unspecified atom stereocenters. The van der Waals surface area contributed by atoms with E-state index in [9.17, 15) is 18.0 Å². The van der Waals surface area contributed by atoms with Gasteiger partial charge in [0.2, 0.25) is 5.91 Å². The van der Waals surface area contributed by atoms with Crippen LogP contribution in [0.3, 0.4) is 0 Å². The maximum absolute atomic E-state index is 11.0. The van der Waals surface area contributed by atoms with Crippen molar-refractivity contribution < 1.29 is 23.1 Å². The van der Waals surface area contributed by atoms with Crippen LogP contribution in [0.15, 0.2) is 0 Å². The zero-order chi connectivity index (χ0) is 10.6. The fourth-order valence-corrected chi connectivity index (χ4v) is 2.13. The number of primary amides is 1. The standard InChI is InChI=1S/C6H11NO5S/c1-4(6(7)10)2-13(11,12)3-5(8)9/h4H,2-3H2,1H3,(H2,7,10)(H,8,9). The van der Waals surface area contributed by atoms with Crippen LogP contribution in [-0.4, -0.2) is 36.9 Å². The van der Waals surface area contributed by atoms with Gasteiger partial charge < -0.3 is 10.8 Å². The molecule has 0 heterocycles. The first-order valence-electron chi connectivity index (χ1n) is 3.46. The van der Waals surface area contributed by atoms with E-state index in [1.165, 1.54) is 6.92 Å². The highest BCUT2D eigenvalue weighted by atomic mass is 32.2. The van der Waals surface area contributed by atoms with Crippen molar-refractivity contribution in [3.63, 3.8) is 0 Å². The number of carboxylic acids is 1. The second-order valence-corrected chi connectivity index (χ2v) is 4.86. The van der Waals surface area contributed by atoms with Crippen LogP contribution in [-0.2, 0) is 19.4 Å². The zero-order valence-electron chi connectivity index (χ0n) is 7.06. The molecular formula is C6H11NO5S. The predicted octanol–water partition coefficient (Wildman–Crippen LogP) is -1.39. The van der Waals surface area contributed by atoms with Crippen LogP contribution in [0.25, 0.3) is 0 Å². The molecule has 6 nitrogen and oxygen atoms in total. The molecule has 0 aliphatic heterocycles. The number of aliphatic carboxylic acids is 1. The third-order valence-electron chi connectivity index (χ3n) is 1.33. The Balaban J connectivity index is 4.35. The summed E-state index contributed by atoms with van der Waals surface area (Å²) in [7, 11) is -3.73. The normalized spacial score (nSPS) is 13.6. The summed E-state index contributed by atoms with van der Waals surface area (Å²) in [5.41, 5.74) is 4.82. The van der Waals surface area contributed by atoms with Gasteiger partial charge >= 0.3 is 5.97 Å². The first-order valence-corrected chi connectivity index (χ1v) is 5.28. The van der Waals surface area contributed by atoms with E-state index in [4.69, 9.17) is 10.8 Å². The Kier molecular flexibility index (Phi) is 3.86. The molecule has 0 rings (SSSR count). The van der Waals surface area contributed by atoms with Crippen molar-refractivity contribution in [2.45, 2.75) is 6.92 Å². The Morgan fingerprint density at radius 3 is 2.23 bits per heavy atom. The van der Waals surface area contributed by atoms with Gasteiger partial charge in [-0.1, -0.05) is 6.92 Å². The number of amides is 1. The molecule has 0 aliphatic carbocycles. The number of rotatable bonds is 5. The van der Waals surface area contributed by atoms with Crippen LogP contribution in [0.1, 0.15) is 6.92 Å². The van der Waals surface area contributed by atoms with Crippen LogP contribution in [0.4, 0.5) is 0 Å². The third-order valence-corrected chi connectivity index (χ3v) is 3.03. The topological polar surface area (TPSA) is 115 Å². The number of carbonyl (C=O) groups is 2. The van der Waals surface area contributed by atoms with E-state index in [1.54, 1.807) is 0 Å². The molecule has 0 aliphatic rings. The van der Waals surface area contributed by atoms with Crippen LogP contribution in [0, 0.1) is 5.92 Å². The van der Waals surface area contributed by atoms with Gasteiger partial charge in [0.25, 0.3) is 0 Å². The summed E-state index contributed by atoms with van der Waals surface area (Å²) in [6.07, 6.45) is 0. The molecule has 0 fully saturated rings. The molecule has 0 spiro atoms. The SMILES string of the molecule is CC(CS(=O)(=O)CC(=O)O)C(N)=O. The fraction of sp³-hybridized carbons (Fsp3) is 0.667. The lowest BCUT2D eigenvalue weighted by Gasteiger charge is -2.05. The van der Waals surface area contributed by atoms with Crippen LogP contribution in [0.5, 0.6) is 0 Å². The van der Waals surface area contributed by atoms with Crippen molar-refractivity contribution in [3.05, 3.63) is 0 Å². The van der Waals surface area contributed by atoms with E-state index < -0.39 is 39.1 Å². The number of hydrogen-bond acceptors (Lipinski definition) is 4. The van der Waals surface area contributed by atoms with E-state index in [2.05, 4.69) is 0 Å². The minimum atomic E-state index is -3.73. The molecular weight excluding hydrogens is 198 g/mol. The third kappa shape index (κ3) is 5.18. The molecule has 13 heavy (non-hydrogen) atoms. The minimum Gasteiger partial charge on any atom is -0.480 e. The summed E-state index contributed by atoms with van der Waals surface area (Å²) in [6.45, 7) is 1.34. The quantitative estimate of drug-likeness (QED) is 0.578. The van der Waals surface area contributed by atoms with Gasteiger partial charge in [0, 0.05) is 5.92 Å². The second-order valence-electron chi connectivity index (χ2n) is 2.75. The highest BCUT2D eigenvalue weighted by Crippen LogP contribution is 2.01. The first kappa shape index (κ1) is 11.9. The number of carboxylic acid groups (broad SMARTS) is 1. The van der Waals surface area contributed by atoms with Crippen molar-refractivity contribution in [1.29, 1.82) is 0 Å². The summed E-state index contributed by atoms with van der Waals surface area (Å²) in [5.74, 6) is -4.53. The van der Waals surface area contributed by atoms with Crippen molar-refractivity contribution in [2.24, 2.45) is 11.7 Å². The van der Waals surface area contributed by atoms with Gasteiger partial charge in [0.15, 0.2) is 9.84 Å². The van der Waals surface area contributed by atoms with Gasteiger partial charge in [0.1, 0.15) is 5.75 Å². The monoisotopic (exact) mass is 209 g/mol. The second kappa shape index (κ2) is 4.22. The van der Waals surface area contributed by atoms with Crippen LogP contribution < -0.4 is 5.73 Å². The minimum absolute atomic E-state index is 0.519. The Hall–Kier alpha value is -1.11. The molecule has 1 amide bonds.